The number of halogens is 1. The number of rotatable bonds is 3. The molecule has 2 unspecified atom stereocenters. The summed E-state index contributed by atoms with van der Waals surface area (Å²) in [7, 11) is 1.54. The van der Waals surface area contributed by atoms with Gasteiger partial charge in [-0.3, -0.25) is 4.90 Å². The lowest BCUT2D eigenvalue weighted by molar-refractivity contribution is 0.251. The second kappa shape index (κ2) is 5.37. The van der Waals surface area contributed by atoms with Gasteiger partial charge in [0.25, 0.3) is 0 Å². The van der Waals surface area contributed by atoms with E-state index in [1.807, 2.05) is 6.07 Å². The number of hydrogen-bond acceptors (Lipinski definition) is 3. The highest BCUT2D eigenvalue weighted by atomic mass is 35.5. The molecule has 2 atom stereocenters. The molecule has 0 amide bonds. The van der Waals surface area contributed by atoms with Gasteiger partial charge in [-0.2, -0.15) is 0 Å². The number of hydrogen-bond donors (Lipinski definition) is 1. The third-order valence-corrected chi connectivity index (χ3v) is 3.84. The fraction of sp³-hybridized carbons (Fsp3) is 0.571. The maximum Gasteiger partial charge on any atom is 0.162 e. The third-order valence-electron chi connectivity index (χ3n) is 3.63. The molecule has 0 radical (unpaired) electrons. The molecule has 3 nitrogen and oxygen atoms in total. The summed E-state index contributed by atoms with van der Waals surface area (Å²) in [6.07, 6.45) is 1.21. The standard InChI is InChI=1S/C14H20ClNO2/c1-9-4-10(2)16(7-9)8-11-5-12(15)6-13(18-3)14(11)17/h5-6,9-10,17H,4,7-8H2,1-3H3. The van der Waals surface area contributed by atoms with Gasteiger partial charge < -0.3 is 9.84 Å². The van der Waals surface area contributed by atoms with Crippen LogP contribution in [0.2, 0.25) is 5.02 Å². The lowest BCUT2D eigenvalue weighted by atomic mass is 10.1. The molecular formula is C14H20ClNO2. The molecule has 0 saturated carbocycles. The Morgan fingerprint density at radius 2 is 2.17 bits per heavy atom. The number of aromatic hydroxyl groups is 1. The number of methoxy groups -OCH3 is 1. The molecule has 100 valence electrons. The molecule has 1 aromatic carbocycles. The molecule has 1 fully saturated rings. The molecule has 2 rings (SSSR count). The summed E-state index contributed by atoms with van der Waals surface area (Å²) in [4.78, 5) is 2.37. The van der Waals surface area contributed by atoms with E-state index in [4.69, 9.17) is 16.3 Å². The molecule has 1 saturated heterocycles. The van der Waals surface area contributed by atoms with Gasteiger partial charge in [0.15, 0.2) is 11.5 Å². The van der Waals surface area contributed by atoms with Crippen molar-refractivity contribution in [1.29, 1.82) is 0 Å². The first-order chi connectivity index (χ1) is 8.51. The van der Waals surface area contributed by atoms with Crippen LogP contribution in [0.25, 0.3) is 0 Å². The van der Waals surface area contributed by atoms with Crippen LogP contribution in [0.5, 0.6) is 11.5 Å². The van der Waals surface area contributed by atoms with Crippen molar-refractivity contribution in [2.24, 2.45) is 5.92 Å². The Labute approximate surface area is 113 Å². The first-order valence-corrected chi connectivity index (χ1v) is 6.68. The van der Waals surface area contributed by atoms with Crippen LogP contribution in [0.3, 0.4) is 0 Å². The van der Waals surface area contributed by atoms with Crippen molar-refractivity contribution in [2.75, 3.05) is 13.7 Å². The largest absolute Gasteiger partial charge is 0.504 e. The molecule has 1 aliphatic heterocycles. The Morgan fingerprint density at radius 1 is 1.44 bits per heavy atom. The van der Waals surface area contributed by atoms with E-state index in [2.05, 4.69) is 18.7 Å². The number of benzene rings is 1. The van der Waals surface area contributed by atoms with E-state index in [1.165, 1.54) is 13.5 Å². The maximum absolute atomic E-state index is 10.1. The van der Waals surface area contributed by atoms with E-state index in [0.29, 0.717) is 29.3 Å². The predicted molar refractivity (Wildman–Crippen MR) is 73.3 cm³/mol. The van der Waals surface area contributed by atoms with Gasteiger partial charge in [0.2, 0.25) is 0 Å². The second-order valence-electron chi connectivity index (χ2n) is 5.24. The summed E-state index contributed by atoms with van der Waals surface area (Å²) in [6.45, 7) is 6.26. The van der Waals surface area contributed by atoms with Crippen molar-refractivity contribution < 1.29 is 9.84 Å². The van der Waals surface area contributed by atoms with E-state index in [1.54, 1.807) is 6.07 Å². The second-order valence-corrected chi connectivity index (χ2v) is 5.67. The molecule has 0 aromatic heterocycles. The fourth-order valence-corrected chi connectivity index (χ4v) is 2.96. The highest BCUT2D eigenvalue weighted by molar-refractivity contribution is 6.30. The third kappa shape index (κ3) is 2.73. The summed E-state index contributed by atoms with van der Waals surface area (Å²) < 4.78 is 5.13. The number of phenols is 1. The quantitative estimate of drug-likeness (QED) is 0.914. The van der Waals surface area contributed by atoms with Crippen molar-refractivity contribution >= 4 is 11.6 Å². The smallest absolute Gasteiger partial charge is 0.162 e. The zero-order valence-corrected chi connectivity index (χ0v) is 11.9. The van der Waals surface area contributed by atoms with Gasteiger partial charge in [-0.05, 0) is 25.3 Å². The molecule has 1 heterocycles. The predicted octanol–water partition coefficient (Wildman–Crippen LogP) is 3.28. The SMILES string of the molecule is COc1cc(Cl)cc(CN2CC(C)CC2C)c1O. The molecule has 18 heavy (non-hydrogen) atoms. The normalized spacial score (nSPS) is 24.4. The first-order valence-electron chi connectivity index (χ1n) is 6.30. The Morgan fingerprint density at radius 3 is 2.72 bits per heavy atom. The highest BCUT2D eigenvalue weighted by Gasteiger charge is 2.27. The van der Waals surface area contributed by atoms with E-state index in [9.17, 15) is 5.11 Å². The van der Waals surface area contributed by atoms with Gasteiger partial charge in [-0.1, -0.05) is 18.5 Å². The van der Waals surface area contributed by atoms with Gasteiger partial charge in [0, 0.05) is 35.8 Å². The average Bonchev–Trinajstić information content (AvgIpc) is 2.62. The average molecular weight is 270 g/mol. The molecule has 0 bridgehead atoms. The van der Waals surface area contributed by atoms with Crippen LogP contribution in [0.15, 0.2) is 12.1 Å². The van der Waals surface area contributed by atoms with Gasteiger partial charge in [0.05, 0.1) is 7.11 Å². The van der Waals surface area contributed by atoms with Crippen LogP contribution in [0.4, 0.5) is 0 Å². The van der Waals surface area contributed by atoms with Gasteiger partial charge in [-0.25, -0.2) is 0 Å². The highest BCUT2D eigenvalue weighted by Crippen LogP contribution is 2.35. The Bertz CT molecular complexity index is 436. The van der Waals surface area contributed by atoms with Gasteiger partial charge in [0.1, 0.15) is 0 Å². The summed E-state index contributed by atoms with van der Waals surface area (Å²) in [6, 6.07) is 4.00. The number of ether oxygens (including phenoxy) is 1. The van der Waals surface area contributed by atoms with Crippen LogP contribution in [0, 0.1) is 5.92 Å². The van der Waals surface area contributed by atoms with Gasteiger partial charge in [-0.15, -0.1) is 0 Å². The number of phenolic OH excluding ortho intramolecular Hbond substituents is 1. The van der Waals surface area contributed by atoms with E-state index in [0.717, 1.165) is 12.1 Å². The van der Waals surface area contributed by atoms with Crippen LogP contribution in [0.1, 0.15) is 25.8 Å². The van der Waals surface area contributed by atoms with Crippen molar-refractivity contribution in [1.82, 2.24) is 4.90 Å². The summed E-state index contributed by atoms with van der Waals surface area (Å²) in [5.74, 6) is 1.36. The molecule has 1 aromatic rings. The molecule has 0 aliphatic carbocycles. The van der Waals surface area contributed by atoms with Gasteiger partial charge >= 0.3 is 0 Å². The fourth-order valence-electron chi connectivity index (χ4n) is 2.73. The Balaban J connectivity index is 2.21. The maximum atomic E-state index is 10.1. The molecular weight excluding hydrogens is 250 g/mol. The van der Waals surface area contributed by atoms with Crippen molar-refractivity contribution in [3.8, 4) is 11.5 Å². The number of nitrogens with zero attached hydrogens (tertiary/aromatic N) is 1. The first kappa shape index (κ1) is 13.5. The Hall–Kier alpha value is -0.930. The van der Waals surface area contributed by atoms with Crippen LogP contribution < -0.4 is 4.74 Å². The van der Waals surface area contributed by atoms with Crippen LogP contribution >= 0.6 is 11.6 Å². The zero-order valence-electron chi connectivity index (χ0n) is 11.1. The Kier molecular flexibility index (Phi) is 4.03. The summed E-state index contributed by atoms with van der Waals surface area (Å²) >= 11 is 6.04. The lowest BCUT2D eigenvalue weighted by Gasteiger charge is -2.22. The molecule has 0 spiro atoms. The zero-order chi connectivity index (χ0) is 13.3. The molecule has 1 aliphatic rings. The number of likely N-dealkylation sites (tertiary alicyclic amines) is 1. The summed E-state index contributed by atoms with van der Waals surface area (Å²) in [5.41, 5.74) is 0.834. The minimum Gasteiger partial charge on any atom is -0.504 e. The minimum absolute atomic E-state index is 0.202. The monoisotopic (exact) mass is 269 g/mol. The lowest BCUT2D eigenvalue weighted by Crippen LogP contribution is -2.26. The topological polar surface area (TPSA) is 32.7 Å². The van der Waals surface area contributed by atoms with Crippen molar-refractivity contribution in [2.45, 2.75) is 32.9 Å². The molecule has 4 heteroatoms. The van der Waals surface area contributed by atoms with Crippen LogP contribution in [-0.4, -0.2) is 29.7 Å². The van der Waals surface area contributed by atoms with Crippen molar-refractivity contribution in [3.05, 3.63) is 22.7 Å². The van der Waals surface area contributed by atoms with Crippen LogP contribution in [-0.2, 0) is 6.54 Å². The van der Waals surface area contributed by atoms with E-state index >= 15 is 0 Å². The minimum atomic E-state index is 0.202. The summed E-state index contributed by atoms with van der Waals surface area (Å²) in [5, 5.41) is 10.7. The van der Waals surface area contributed by atoms with E-state index in [-0.39, 0.29) is 5.75 Å². The molecule has 1 N–H and O–H groups in total. The van der Waals surface area contributed by atoms with Crippen molar-refractivity contribution in [3.63, 3.8) is 0 Å². The van der Waals surface area contributed by atoms with E-state index < -0.39 is 0 Å².